The highest BCUT2D eigenvalue weighted by atomic mass is 19.4. The topological polar surface area (TPSA) is 59.6 Å². The minimum atomic E-state index is -4.76. The third kappa shape index (κ3) is 6.95. The first-order chi connectivity index (χ1) is 9.40. The number of alkyl halides is 3. The minimum absolute atomic E-state index is 0.0354. The molecule has 0 aromatic heterocycles. The minimum Gasteiger partial charge on any atom is -0.406 e. The maximum absolute atomic E-state index is 12.0. The molecule has 2 N–H and O–H groups in total. The predicted octanol–water partition coefficient (Wildman–Crippen LogP) is 1.76. The van der Waals surface area contributed by atoms with Crippen LogP contribution in [0.25, 0.3) is 0 Å². The van der Waals surface area contributed by atoms with Crippen LogP contribution in [0.1, 0.15) is 0 Å². The zero-order chi connectivity index (χ0) is 15.0. The van der Waals surface area contributed by atoms with Gasteiger partial charge in [0, 0.05) is 25.4 Å². The number of methoxy groups -OCH3 is 1. The van der Waals surface area contributed by atoms with E-state index in [1.807, 2.05) is 0 Å². The molecule has 0 spiro atoms. The van der Waals surface area contributed by atoms with Crippen molar-refractivity contribution in [1.82, 2.24) is 5.32 Å². The van der Waals surface area contributed by atoms with E-state index in [-0.39, 0.29) is 23.9 Å². The number of carbonyl (C=O) groups is 1. The van der Waals surface area contributed by atoms with Crippen LogP contribution in [-0.4, -0.2) is 39.1 Å². The van der Waals surface area contributed by atoms with E-state index < -0.39 is 6.36 Å². The van der Waals surface area contributed by atoms with Gasteiger partial charge in [-0.25, -0.2) is 0 Å². The maximum atomic E-state index is 12.0. The van der Waals surface area contributed by atoms with E-state index in [1.165, 1.54) is 19.2 Å². The van der Waals surface area contributed by atoms with Crippen LogP contribution in [0.15, 0.2) is 24.3 Å². The van der Waals surface area contributed by atoms with Gasteiger partial charge in [0.25, 0.3) is 0 Å². The van der Waals surface area contributed by atoms with Gasteiger partial charge in [-0.15, -0.1) is 13.2 Å². The van der Waals surface area contributed by atoms with Crippen molar-refractivity contribution in [2.75, 3.05) is 32.1 Å². The lowest BCUT2D eigenvalue weighted by atomic mass is 10.3. The van der Waals surface area contributed by atoms with E-state index >= 15 is 0 Å². The Morgan fingerprint density at radius 1 is 1.35 bits per heavy atom. The van der Waals surface area contributed by atoms with E-state index in [4.69, 9.17) is 4.74 Å². The van der Waals surface area contributed by atoms with Crippen LogP contribution in [0.3, 0.4) is 0 Å². The summed E-state index contributed by atoms with van der Waals surface area (Å²) in [4.78, 5) is 11.5. The number of carbonyl (C=O) groups excluding carboxylic acids is 1. The second-order valence-corrected chi connectivity index (χ2v) is 3.79. The summed E-state index contributed by atoms with van der Waals surface area (Å²) in [6.45, 7) is 0.997. The number of halogens is 3. The lowest BCUT2D eigenvalue weighted by molar-refractivity contribution is -0.274. The summed E-state index contributed by atoms with van der Waals surface area (Å²) in [5.41, 5.74) is 0.227. The molecule has 1 aromatic carbocycles. The normalized spacial score (nSPS) is 11.2. The molecule has 5 nitrogen and oxygen atoms in total. The summed E-state index contributed by atoms with van der Waals surface area (Å²) in [5, 5.41) is 5.27. The molecule has 0 atom stereocenters. The average Bonchev–Trinajstić information content (AvgIpc) is 2.33. The molecule has 1 aromatic rings. The molecule has 0 aliphatic rings. The van der Waals surface area contributed by atoms with Crippen molar-refractivity contribution in [3.63, 3.8) is 0 Å². The van der Waals surface area contributed by atoms with Gasteiger partial charge in [0.05, 0.1) is 13.2 Å². The van der Waals surface area contributed by atoms with Crippen LogP contribution >= 0.6 is 0 Å². The summed E-state index contributed by atoms with van der Waals surface area (Å²) >= 11 is 0. The number of hydrogen-bond acceptors (Lipinski definition) is 4. The maximum Gasteiger partial charge on any atom is 0.573 e. The van der Waals surface area contributed by atoms with E-state index in [2.05, 4.69) is 15.4 Å². The van der Waals surface area contributed by atoms with Crippen LogP contribution in [0.4, 0.5) is 18.9 Å². The summed E-state index contributed by atoms with van der Waals surface area (Å²) in [5.74, 6) is -0.757. The van der Waals surface area contributed by atoms with Gasteiger partial charge in [0.1, 0.15) is 5.75 Å². The van der Waals surface area contributed by atoms with Gasteiger partial charge < -0.3 is 20.1 Å². The van der Waals surface area contributed by atoms with E-state index in [1.54, 1.807) is 0 Å². The number of anilines is 1. The van der Waals surface area contributed by atoms with Crippen LogP contribution < -0.4 is 15.4 Å². The monoisotopic (exact) mass is 292 g/mol. The molecule has 0 saturated carbocycles. The third-order valence-electron chi connectivity index (χ3n) is 2.12. The number of amides is 1. The zero-order valence-corrected chi connectivity index (χ0v) is 10.8. The molecular weight excluding hydrogens is 277 g/mol. The fraction of sp³-hybridized carbons (Fsp3) is 0.417. The third-order valence-corrected chi connectivity index (χ3v) is 2.12. The Bertz CT molecular complexity index is 438. The Labute approximate surface area is 114 Å². The molecular formula is C12H15F3N2O3. The van der Waals surface area contributed by atoms with Crippen LogP contribution in [0, 0.1) is 0 Å². The number of rotatable bonds is 7. The van der Waals surface area contributed by atoms with Crippen molar-refractivity contribution in [2.45, 2.75) is 6.36 Å². The van der Waals surface area contributed by atoms with Gasteiger partial charge in [-0.05, 0) is 12.1 Å². The van der Waals surface area contributed by atoms with Crippen LogP contribution in [0.5, 0.6) is 5.75 Å². The lowest BCUT2D eigenvalue weighted by Crippen LogP contribution is -2.30. The number of nitrogens with one attached hydrogen (secondary N) is 2. The number of ether oxygens (including phenoxy) is 2. The van der Waals surface area contributed by atoms with Gasteiger partial charge in [0.2, 0.25) is 5.91 Å². The largest absolute Gasteiger partial charge is 0.573 e. The van der Waals surface area contributed by atoms with Crippen molar-refractivity contribution < 1.29 is 27.4 Å². The molecule has 0 unspecified atom stereocenters. The first kappa shape index (κ1) is 16.3. The van der Waals surface area contributed by atoms with Crippen molar-refractivity contribution in [1.29, 1.82) is 0 Å². The molecule has 0 fully saturated rings. The Balaban J connectivity index is 2.47. The standard InChI is InChI=1S/C12H15F3N2O3/c1-19-6-5-16-8-11(18)17-9-3-2-4-10(7-9)20-12(13,14)15/h2-4,7,16H,5-6,8H2,1H3,(H,17,18). The molecule has 0 saturated heterocycles. The summed E-state index contributed by atoms with van der Waals surface area (Å²) in [6.07, 6.45) is -4.76. The van der Waals surface area contributed by atoms with Gasteiger partial charge in [-0.1, -0.05) is 6.07 Å². The predicted molar refractivity (Wildman–Crippen MR) is 66.5 cm³/mol. The lowest BCUT2D eigenvalue weighted by Gasteiger charge is -2.11. The second kappa shape index (κ2) is 7.71. The van der Waals surface area contributed by atoms with Crippen molar-refractivity contribution in [3.8, 4) is 5.75 Å². The first-order valence-corrected chi connectivity index (χ1v) is 5.76. The molecule has 0 bridgehead atoms. The molecule has 0 heterocycles. The van der Waals surface area contributed by atoms with Crippen LogP contribution in [0.2, 0.25) is 0 Å². The molecule has 112 valence electrons. The quantitative estimate of drug-likeness (QED) is 0.752. The molecule has 1 amide bonds. The number of benzene rings is 1. The molecule has 0 radical (unpaired) electrons. The highest BCUT2D eigenvalue weighted by Crippen LogP contribution is 2.24. The van der Waals surface area contributed by atoms with E-state index in [9.17, 15) is 18.0 Å². The van der Waals surface area contributed by atoms with Crippen molar-refractivity contribution in [2.24, 2.45) is 0 Å². The highest BCUT2D eigenvalue weighted by Gasteiger charge is 2.31. The molecule has 20 heavy (non-hydrogen) atoms. The van der Waals surface area contributed by atoms with E-state index in [0.29, 0.717) is 13.2 Å². The highest BCUT2D eigenvalue weighted by molar-refractivity contribution is 5.92. The average molecular weight is 292 g/mol. The SMILES string of the molecule is COCCNCC(=O)Nc1cccc(OC(F)(F)F)c1. The summed E-state index contributed by atoms with van der Waals surface area (Å²) < 4.78 is 44.7. The smallest absolute Gasteiger partial charge is 0.406 e. The Hall–Kier alpha value is -1.80. The summed E-state index contributed by atoms with van der Waals surface area (Å²) in [6, 6.07) is 5.08. The summed E-state index contributed by atoms with van der Waals surface area (Å²) in [7, 11) is 1.54. The first-order valence-electron chi connectivity index (χ1n) is 5.76. The van der Waals surface area contributed by atoms with Crippen molar-refractivity contribution in [3.05, 3.63) is 24.3 Å². The van der Waals surface area contributed by atoms with Gasteiger partial charge in [-0.3, -0.25) is 4.79 Å². The van der Waals surface area contributed by atoms with Crippen LogP contribution in [-0.2, 0) is 9.53 Å². The number of hydrogen-bond donors (Lipinski definition) is 2. The van der Waals surface area contributed by atoms with E-state index in [0.717, 1.165) is 12.1 Å². The Kier molecular flexibility index (Phi) is 6.26. The Morgan fingerprint density at radius 3 is 2.75 bits per heavy atom. The van der Waals surface area contributed by atoms with Gasteiger partial charge in [0.15, 0.2) is 0 Å². The fourth-order valence-corrected chi connectivity index (χ4v) is 1.35. The van der Waals surface area contributed by atoms with Gasteiger partial charge >= 0.3 is 6.36 Å². The fourth-order valence-electron chi connectivity index (χ4n) is 1.35. The molecule has 0 aliphatic heterocycles. The second-order valence-electron chi connectivity index (χ2n) is 3.79. The van der Waals surface area contributed by atoms with Crippen molar-refractivity contribution >= 4 is 11.6 Å². The molecule has 1 rings (SSSR count). The molecule has 0 aliphatic carbocycles. The molecule has 8 heteroatoms. The van der Waals surface area contributed by atoms with Gasteiger partial charge in [-0.2, -0.15) is 0 Å². The Morgan fingerprint density at radius 2 is 2.10 bits per heavy atom. The zero-order valence-electron chi connectivity index (χ0n) is 10.8.